The summed E-state index contributed by atoms with van der Waals surface area (Å²) in [5.74, 6) is 0.541. The summed E-state index contributed by atoms with van der Waals surface area (Å²) in [6, 6.07) is 13.9. The van der Waals surface area contributed by atoms with Crippen LogP contribution in [0.5, 0.6) is 0 Å². The fourth-order valence-corrected chi connectivity index (χ4v) is 4.75. The van der Waals surface area contributed by atoms with Gasteiger partial charge in [0.15, 0.2) is 0 Å². The minimum absolute atomic E-state index is 0.541. The van der Waals surface area contributed by atoms with Crippen LogP contribution in [-0.2, 0) is 19.3 Å². The third-order valence-electron chi connectivity index (χ3n) is 5.37. The van der Waals surface area contributed by atoms with Gasteiger partial charge in [-0.15, -0.1) is 11.3 Å². The van der Waals surface area contributed by atoms with Crippen molar-refractivity contribution < 1.29 is 0 Å². The largest absolute Gasteiger partial charge is 0.267 e. The van der Waals surface area contributed by atoms with Crippen molar-refractivity contribution in [2.75, 3.05) is 6.54 Å². The molecule has 0 fully saturated rings. The van der Waals surface area contributed by atoms with Gasteiger partial charge in [-0.3, -0.25) is 4.72 Å². The summed E-state index contributed by atoms with van der Waals surface area (Å²) in [5.41, 5.74) is 9.10. The van der Waals surface area contributed by atoms with Gasteiger partial charge in [-0.1, -0.05) is 37.1 Å². The highest BCUT2D eigenvalue weighted by Gasteiger charge is 2.15. The normalized spacial score (nSPS) is 14.8. The average Bonchev–Trinajstić information content (AvgIpc) is 3.29. The molecule has 1 unspecified atom stereocenters. The smallest absolute Gasteiger partial charge is 0.0814 e. The molecule has 0 amide bonds. The highest BCUT2D eigenvalue weighted by molar-refractivity contribution is 7.78. The highest BCUT2D eigenvalue weighted by Crippen LogP contribution is 2.30. The highest BCUT2D eigenvalue weighted by atomic mass is 32.1. The Labute approximate surface area is 159 Å². The Morgan fingerprint density at radius 3 is 2.92 bits per heavy atom. The number of nitrogens with one attached hydrogen (secondary N) is 1. The van der Waals surface area contributed by atoms with Gasteiger partial charge in [0, 0.05) is 6.54 Å². The number of hydrogen-bond donors (Lipinski definition) is 2. The number of aryl methyl sites for hydroxylation is 3. The molecule has 4 heteroatoms. The Kier molecular flexibility index (Phi) is 5.39. The summed E-state index contributed by atoms with van der Waals surface area (Å²) < 4.78 is 4.28. The van der Waals surface area contributed by atoms with Crippen molar-refractivity contribution >= 4 is 34.4 Å². The number of rotatable bonds is 7. The first kappa shape index (κ1) is 17.1. The lowest BCUT2D eigenvalue weighted by atomic mass is 9.89. The molecule has 3 aromatic rings. The quantitative estimate of drug-likeness (QED) is 0.551. The number of hydrogen-bond acceptors (Lipinski definition) is 4. The van der Waals surface area contributed by atoms with Crippen LogP contribution in [0.25, 0.3) is 10.2 Å². The third kappa shape index (κ3) is 3.91. The Balaban J connectivity index is 1.50. The number of nitrogens with zero attached hydrogens (tertiary/aromatic N) is 1. The van der Waals surface area contributed by atoms with E-state index in [0.717, 1.165) is 24.9 Å². The lowest BCUT2D eigenvalue weighted by Crippen LogP contribution is -2.09. The molecule has 1 atom stereocenters. The molecule has 1 aliphatic rings. The first-order chi connectivity index (χ1) is 12.3. The summed E-state index contributed by atoms with van der Waals surface area (Å²) in [7, 11) is 0. The fraction of sp³-hybridized carbons (Fsp3) is 0.381. The topological polar surface area (TPSA) is 24.9 Å². The number of aromatic nitrogens is 1. The van der Waals surface area contributed by atoms with Gasteiger partial charge in [0.25, 0.3) is 0 Å². The van der Waals surface area contributed by atoms with Crippen molar-refractivity contribution in [3.63, 3.8) is 0 Å². The van der Waals surface area contributed by atoms with Crippen molar-refractivity contribution in [2.24, 2.45) is 0 Å². The van der Waals surface area contributed by atoms with E-state index in [0.29, 0.717) is 5.92 Å². The van der Waals surface area contributed by atoms with Crippen LogP contribution in [0.3, 0.4) is 0 Å². The standard InChI is InChI=1S/C21H24N2S2/c24-23-11-10-17(19-8-9-21-20(13-19)22-14-25-21)7-5-15-4-6-16-2-1-3-18(16)12-15/h4,6,8-9,12-14,17,23-24H,1-3,5,7,10-11H2. The predicted molar refractivity (Wildman–Crippen MR) is 111 cm³/mol. The van der Waals surface area contributed by atoms with E-state index in [4.69, 9.17) is 0 Å². The molecule has 1 aromatic heterocycles. The van der Waals surface area contributed by atoms with Crippen LogP contribution >= 0.6 is 24.2 Å². The summed E-state index contributed by atoms with van der Waals surface area (Å²) in [6.45, 7) is 0.924. The van der Waals surface area contributed by atoms with Crippen LogP contribution < -0.4 is 4.72 Å². The molecule has 0 saturated heterocycles. The molecule has 1 aliphatic carbocycles. The molecule has 4 rings (SSSR count). The zero-order chi connectivity index (χ0) is 17.1. The number of benzene rings is 2. The monoisotopic (exact) mass is 368 g/mol. The van der Waals surface area contributed by atoms with Gasteiger partial charge in [0.1, 0.15) is 0 Å². The molecule has 25 heavy (non-hydrogen) atoms. The van der Waals surface area contributed by atoms with Gasteiger partial charge >= 0.3 is 0 Å². The van der Waals surface area contributed by atoms with E-state index in [-0.39, 0.29) is 0 Å². The fourth-order valence-electron chi connectivity index (χ4n) is 3.97. The van der Waals surface area contributed by atoms with E-state index >= 15 is 0 Å². The summed E-state index contributed by atoms with van der Waals surface area (Å²) >= 11 is 5.89. The van der Waals surface area contributed by atoms with E-state index in [1.807, 2.05) is 5.51 Å². The third-order valence-corrected chi connectivity index (χ3v) is 6.41. The lowest BCUT2D eigenvalue weighted by Gasteiger charge is -2.18. The molecule has 2 aromatic carbocycles. The van der Waals surface area contributed by atoms with Crippen LogP contribution in [0, 0.1) is 0 Å². The Hall–Kier alpha value is -1.36. The lowest BCUT2D eigenvalue weighted by molar-refractivity contribution is 0.577. The van der Waals surface area contributed by atoms with E-state index in [1.54, 1.807) is 22.5 Å². The Morgan fingerprint density at radius 1 is 1.08 bits per heavy atom. The van der Waals surface area contributed by atoms with Crippen LogP contribution in [0.15, 0.2) is 41.9 Å². The van der Waals surface area contributed by atoms with Crippen LogP contribution in [0.2, 0.25) is 0 Å². The van der Waals surface area contributed by atoms with Gasteiger partial charge in [-0.2, -0.15) is 0 Å². The summed E-state index contributed by atoms with van der Waals surface area (Å²) in [4.78, 5) is 4.49. The van der Waals surface area contributed by atoms with Crippen molar-refractivity contribution in [1.82, 2.24) is 9.71 Å². The van der Waals surface area contributed by atoms with E-state index in [1.165, 1.54) is 41.5 Å². The molecule has 0 saturated carbocycles. The zero-order valence-electron chi connectivity index (χ0n) is 14.4. The molecule has 130 valence electrons. The van der Waals surface area contributed by atoms with Crippen LogP contribution in [-0.4, -0.2) is 11.5 Å². The predicted octanol–water partition coefficient (Wildman–Crippen LogP) is 5.33. The SMILES string of the molecule is SNCCC(CCc1ccc2c(c1)CCC2)c1ccc2scnc2c1. The first-order valence-electron chi connectivity index (χ1n) is 9.14. The summed E-state index contributed by atoms with van der Waals surface area (Å²) in [6.07, 6.45) is 7.26. The van der Waals surface area contributed by atoms with Crippen molar-refractivity contribution in [3.05, 3.63) is 64.2 Å². The second kappa shape index (κ2) is 7.90. The van der Waals surface area contributed by atoms with E-state index in [2.05, 4.69) is 58.9 Å². The zero-order valence-corrected chi connectivity index (χ0v) is 16.1. The van der Waals surface area contributed by atoms with E-state index in [9.17, 15) is 0 Å². The van der Waals surface area contributed by atoms with Crippen molar-refractivity contribution in [1.29, 1.82) is 0 Å². The van der Waals surface area contributed by atoms with Gasteiger partial charge in [0.05, 0.1) is 15.7 Å². The molecule has 1 heterocycles. The van der Waals surface area contributed by atoms with E-state index < -0.39 is 0 Å². The Morgan fingerprint density at radius 2 is 2.00 bits per heavy atom. The summed E-state index contributed by atoms with van der Waals surface area (Å²) in [5, 5.41) is 0. The second-order valence-corrected chi connectivity index (χ2v) is 8.17. The molecule has 0 spiro atoms. The maximum Gasteiger partial charge on any atom is 0.0814 e. The van der Waals surface area contributed by atoms with Crippen LogP contribution in [0.4, 0.5) is 0 Å². The van der Waals surface area contributed by atoms with Crippen molar-refractivity contribution in [3.8, 4) is 0 Å². The van der Waals surface area contributed by atoms with Gasteiger partial charge < -0.3 is 0 Å². The molecule has 2 nitrogen and oxygen atoms in total. The number of thiol groups is 1. The average molecular weight is 369 g/mol. The molecular formula is C21H24N2S2. The molecule has 0 bridgehead atoms. The molecule has 0 aliphatic heterocycles. The molecule has 0 radical (unpaired) electrons. The van der Waals surface area contributed by atoms with Crippen LogP contribution in [0.1, 0.15) is 47.4 Å². The maximum absolute atomic E-state index is 4.49. The molecule has 1 N–H and O–H groups in total. The minimum atomic E-state index is 0.541. The number of fused-ring (bicyclic) bond motifs is 2. The van der Waals surface area contributed by atoms with Gasteiger partial charge in [0.2, 0.25) is 0 Å². The molecular weight excluding hydrogens is 344 g/mol. The maximum atomic E-state index is 4.49. The Bertz CT molecular complexity index is 856. The second-order valence-electron chi connectivity index (χ2n) is 6.97. The first-order valence-corrected chi connectivity index (χ1v) is 10.5. The van der Waals surface area contributed by atoms with Gasteiger partial charge in [-0.05, 0) is 78.8 Å². The van der Waals surface area contributed by atoms with Crippen molar-refractivity contribution in [2.45, 2.75) is 44.4 Å². The number of thiazole rings is 1. The minimum Gasteiger partial charge on any atom is -0.267 e. The van der Waals surface area contributed by atoms with Gasteiger partial charge in [-0.25, -0.2) is 4.98 Å².